The zero-order valence-electron chi connectivity index (χ0n) is 22.4. The molecule has 4 nitrogen and oxygen atoms in total. The number of carbonyl (C=O) groups excluding carboxylic acids is 2. The van der Waals surface area contributed by atoms with Crippen molar-refractivity contribution in [2.45, 2.75) is 69.8 Å². The van der Waals surface area contributed by atoms with Crippen LogP contribution >= 0.6 is 35.0 Å². The summed E-state index contributed by atoms with van der Waals surface area (Å²) in [6.45, 7) is 2.22. The van der Waals surface area contributed by atoms with Crippen molar-refractivity contribution in [3.63, 3.8) is 0 Å². The van der Waals surface area contributed by atoms with Crippen molar-refractivity contribution < 1.29 is 9.59 Å². The Morgan fingerprint density at radius 3 is 2.23 bits per heavy atom. The van der Waals surface area contributed by atoms with Gasteiger partial charge < -0.3 is 10.2 Å². The Balaban J connectivity index is 1.60. The number of rotatable bonds is 11. The van der Waals surface area contributed by atoms with E-state index in [0.29, 0.717) is 27.8 Å². The summed E-state index contributed by atoms with van der Waals surface area (Å²) in [4.78, 5) is 29.4. The van der Waals surface area contributed by atoms with Crippen molar-refractivity contribution in [2.75, 3.05) is 5.75 Å². The number of carbonyl (C=O) groups is 2. The van der Waals surface area contributed by atoms with Crippen LogP contribution in [0.5, 0.6) is 0 Å². The quantitative estimate of drug-likeness (QED) is 0.253. The van der Waals surface area contributed by atoms with Gasteiger partial charge in [-0.25, -0.2) is 0 Å². The number of amides is 2. The molecule has 1 saturated carbocycles. The van der Waals surface area contributed by atoms with Gasteiger partial charge in [0.15, 0.2) is 0 Å². The van der Waals surface area contributed by atoms with Crippen LogP contribution in [0.2, 0.25) is 10.0 Å². The molecule has 1 N–H and O–H groups in total. The van der Waals surface area contributed by atoms with E-state index < -0.39 is 6.04 Å². The molecule has 4 rings (SSSR count). The molecule has 1 atom stereocenters. The first-order valence-electron chi connectivity index (χ1n) is 13.6. The average Bonchev–Trinajstić information content (AvgIpc) is 2.94. The second-order valence-corrected chi connectivity index (χ2v) is 12.0. The van der Waals surface area contributed by atoms with Gasteiger partial charge in [0.1, 0.15) is 6.04 Å². The lowest BCUT2D eigenvalue weighted by Gasteiger charge is -2.34. The predicted molar refractivity (Wildman–Crippen MR) is 163 cm³/mol. The van der Waals surface area contributed by atoms with Crippen molar-refractivity contribution in [1.29, 1.82) is 0 Å². The van der Waals surface area contributed by atoms with E-state index in [0.717, 1.165) is 36.8 Å². The topological polar surface area (TPSA) is 49.4 Å². The van der Waals surface area contributed by atoms with Gasteiger partial charge in [0.05, 0.1) is 5.75 Å². The third kappa shape index (κ3) is 8.76. The second kappa shape index (κ2) is 14.8. The lowest BCUT2D eigenvalue weighted by molar-refractivity contribution is -0.139. The summed E-state index contributed by atoms with van der Waals surface area (Å²) in [7, 11) is 0. The molecule has 0 unspecified atom stereocenters. The highest BCUT2D eigenvalue weighted by Gasteiger charge is 2.32. The number of aryl methyl sites for hydroxylation is 1. The Morgan fingerprint density at radius 1 is 0.897 bits per heavy atom. The SMILES string of the molecule is Cc1ccc(CSCC(=O)N(Cc2c(Cl)cccc2Cl)[C@H](Cc2ccccc2)C(=O)NC2CCCCC2)cc1. The van der Waals surface area contributed by atoms with E-state index in [-0.39, 0.29) is 30.2 Å². The molecule has 1 aliphatic carbocycles. The minimum absolute atomic E-state index is 0.108. The van der Waals surface area contributed by atoms with Gasteiger partial charge in [-0.1, -0.05) is 109 Å². The molecule has 3 aromatic carbocycles. The van der Waals surface area contributed by atoms with Gasteiger partial charge in [0.25, 0.3) is 0 Å². The molecule has 206 valence electrons. The highest BCUT2D eigenvalue weighted by atomic mass is 35.5. The van der Waals surface area contributed by atoms with Gasteiger partial charge in [0, 0.05) is 40.4 Å². The van der Waals surface area contributed by atoms with Crippen LogP contribution in [0.3, 0.4) is 0 Å². The Morgan fingerprint density at radius 2 is 1.56 bits per heavy atom. The first-order valence-corrected chi connectivity index (χ1v) is 15.5. The third-order valence-electron chi connectivity index (χ3n) is 7.23. The molecule has 7 heteroatoms. The van der Waals surface area contributed by atoms with Crippen LogP contribution < -0.4 is 5.32 Å². The van der Waals surface area contributed by atoms with E-state index in [1.165, 1.54) is 12.0 Å². The molecule has 0 saturated heterocycles. The molecular weight excluding hydrogens is 547 g/mol. The number of nitrogens with one attached hydrogen (secondary N) is 1. The molecule has 0 radical (unpaired) electrons. The van der Waals surface area contributed by atoms with E-state index in [4.69, 9.17) is 23.2 Å². The lowest BCUT2D eigenvalue weighted by Crippen LogP contribution is -2.53. The maximum atomic E-state index is 13.9. The molecule has 0 aromatic heterocycles. The number of nitrogens with zero attached hydrogens (tertiary/aromatic N) is 1. The van der Waals surface area contributed by atoms with Gasteiger partial charge >= 0.3 is 0 Å². The normalized spacial score (nSPS) is 14.5. The predicted octanol–water partition coefficient (Wildman–Crippen LogP) is 7.62. The average molecular weight is 584 g/mol. The first kappa shape index (κ1) is 29.5. The van der Waals surface area contributed by atoms with Crippen molar-refractivity contribution in [1.82, 2.24) is 10.2 Å². The van der Waals surface area contributed by atoms with E-state index in [9.17, 15) is 9.59 Å². The van der Waals surface area contributed by atoms with E-state index in [1.807, 2.05) is 30.3 Å². The summed E-state index contributed by atoms with van der Waals surface area (Å²) in [5, 5.41) is 4.24. The zero-order valence-corrected chi connectivity index (χ0v) is 24.7. The molecule has 3 aromatic rings. The number of benzene rings is 3. The van der Waals surface area contributed by atoms with Crippen molar-refractivity contribution in [3.8, 4) is 0 Å². The van der Waals surface area contributed by atoms with Crippen LogP contribution in [0.15, 0.2) is 72.8 Å². The minimum atomic E-state index is -0.686. The van der Waals surface area contributed by atoms with Crippen molar-refractivity contribution in [2.24, 2.45) is 0 Å². The van der Waals surface area contributed by atoms with E-state index >= 15 is 0 Å². The fourth-order valence-corrected chi connectivity index (χ4v) is 6.36. The molecule has 0 bridgehead atoms. The Kier molecular flexibility index (Phi) is 11.2. The summed E-state index contributed by atoms with van der Waals surface area (Å²) in [6.07, 6.45) is 5.79. The van der Waals surface area contributed by atoms with Crippen LogP contribution in [-0.2, 0) is 28.3 Å². The summed E-state index contributed by atoms with van der Waals surface area (Å²) in [5.41, 5.74) is 4.02. The largest absolute Gasteiger partial charge is 0.352 e. The highest BCUT2D eigenvalue weighted by molar-refractivity contribution is 7.99. The second-order valence-electron chi connectivity index (χ2n) is 10.2. The Hall–Kier alpha value is -2.47. The monoisotopic (exact) mass is 582 g/mol. The van der Waals surface area contributed by atoms with E-state index in [2.05, 4.69) is 36.5 Å². The maximum Gasteiger partial charge on any atom is 0.243 e. The van der Waals surface area contributed by atoms with Crippen molar-refractivity contribution in [3.05, 3.63) is 105 Å². The van der Waals surface area contributed by atoms with Crippen LogP contribution in [0.1, 0.15) is 54.4 Å². The highest BCUT2D eigenvalue weighted by Crippen LogP contribution is 2.28. The van der Waals surface area contributed by atoms with Crippen molar-refractivity contribution >= 4 is 46.8 Å². The molecule has 2 amide bonds. The van der Waals surface area contributed by atoms with E-state index in [1.54, 1.807) is 34.9 Å². The summed E-state index contributed by atoms with van der Waals surface area (Å²) >= 11 is 14.6. The van der Waals surface area contributed by atoms with Gasteiger partial charge in [0.2, 0.25) is 11.8 Å². The Bertz CT molecular complexity index is 1210. The van der Waals surface area contributed by atoms with Gasteiger partial charge in [-0.2, -0.15) is 0 Å². The van der Waals surface area contributed by atoms with Gasteiger partial charge in [-0.3, -0.25) is 9.59 Å². The molecule has 0 aliphatic heterocycles. The Labute approximate surface area is 246 Å². The maximum absolute atomic E-state index is 13.9. The third-order valence-corrected chi connectivity index (χ3v) is 8.92. The molecular formula is C32H36Cl2N2O2S. The number of hydrogen-bond donors (Lipinski definition) is 1. The van der Waals surface area contributed by atoms with Crippen LogP contribution in [0, 0.1) is 6.92 Å². The zero-order chi connectivity index (χ0) is 27.6. The number of hydrogen-bond acceptors (Lipinski definition) is 3. The summed E-state index contributed by atoms with van der Waals surface area (Å²) < 4.78 is 0. The van der Waals surface area contributed by atoms with Gasteiger partial charge in [-0.05, 0) is 43.0 Å². The molecule has 39 heavy (non-hydrogen) atoms. The molecule has 1 fully saturated rings. The summed E-state index contributed by atoms with van der Waals surface area (Å²) in [6, 6.07) is 23.0. The van der Waals surface area contributed by atoms with Crippen LogP contribution in [0.25, 0.3) is 0 Å². The number of thioether (sulfide) groups is 1. The number of halogens is 2. The van der Waals surface area contributed by atoms with Crippen LogP contribution in [-0.4, -0.2) is 34.6 Å². The minimum Gasteiger partial charge on any atom is -0.352 e. The standard InChI is InChI=1S/C32H36Cl2N2O2S/c1-23-15-17-25(18-16-23)21-39-22-31(37)36(20-27-28(33)13-8-14-29(27)34)30(19-24-9-4-2-5-10-24)32(38)35-26-11-6-3-7-12-26/h2,4-5,8-10,13-18,26,30H,3,6-7,11-12,19-22H2,1H3,(H,35,38)/t30-/m1/s1. The molecule has 0 spiro atoms. The fraction of sp³-hybridized carbons (Fsp3) is 0.375. The lowest BCUT2D eigenvalue weighted by atomic mass is 9.94. The fourth-order valence-electron chi connectivity index (χ4n) is 4.98. The first-order chi connectivity index (χ1) is 18.9. The molecule has 0 heterocycles. The molecule has 1 aliphatic rings. The smallest absolute Gasteiger partial charge is 0.243 e. The van der Waals surface area contributed by atoms with Gasteiger partial charge in [-0.15, -0.1) is 11.8 Å². The van der Waals surface area contributed by atoms with Crippen LogP contribution in [0.4, 0.5) is 0 Å². The summed E-state index contributed by atoms with van der Waals surface area (Å²) in [5.74, 6) is 0.732.